The van der Waals surface area contributed by atoms with Crippen LogP contribution in [0.1, 0.15) is 39.5 Å². The molecule has 0 aromatic rings. The van der Waals surface area contributed by atoms with Crippen LogP contribution in [0.15, 0.2) is 0 Å². The molecule has 0 N–H and O–H groups in total. The number of nitrogens with zero attached hydrogens (tertiary/aromatic N) is 2. The fourth-order valence-electron chi connectivity index (χ4n) is 1.19. The van der Waals surface area contributed by atoms with Gasteiger partial charge < -0.3 is 4.52 Å². The normalized spacial score (nSPS) is 17.1. The van der Waals surface area contributed by atoms with E-state index in [4.69, 9.17) is 9.79 Å². The maximum Gasteiger partial charge on any atom is 0.370 e. The van der Waals surface area contributed by atoms with Gasteiger partial charge >= 0.3 is 7.52 Å². The van der Waals surface area contributed by atoms with Crippen molar-refractivity contribution in [3.05, 3.63) is 0 Å². The van der Waals surface area contributed by atoms with E-state index in [2.05, 4.69) is 6.92 Å². The predicted molar refractivity (Wildman–Crippen MR) is 61.6 cm³/mol. The zero-order valence-corrected chi connectivity index (χ0v) is 11.0. The number of unbranched alkanes of at least 4 members (excludes halogenated alkanes) is 2. The molecule has 88 valence electrons. The minimum Gasteiger partial charge on any atom is -0.304 e. The summed E-state index contributed by atoms with van der Waals surface area (Å²) in [6.45, 7) is 3.99. The fraction of sp³-hybridized carbons (Fsp3) is 0.900. The smallest absolute Gasteiger partial charge is 0.304 e. The summed E-state index contributed by atoms with van der Waals surface area (Å²) < 4.78 is 18.5. The third-order valence-corrected chi connectivity index (χ3v) is 4.14. The van der Waals surface area contributed by atoms with E-state index in [9.17, 15) is 4.57 Å². The second-order valence-electron chi connectivity index (χ2n) is 3.88. The molecule has 0 saturated heterocycles. The average molecular weight is 232 g/mol. The highest BCUT2D eigenvalue weighted by Gasteiger charge is 2.28. The molecule has 4 nitrogen and oxygen atoms in total. The molecule has 0 bridgehead atoms. The monoisotopic (exact) mass is 232 g/mol. The van der Waals surface area contributed by atoms with Gasteiger partial charge in [0.15, 0.2) is 5.81 Å². The summed E-state index contributed by atoms with van der Waals surface area (Å²) in [6.07, 6.45) is 4.08. The fourth-order valence-corrected chi connectivity index (χ4v) is 2.19. The minimum absolute atomic E-state index is 0.121. The Hall–Kier alpha value is -0.360. The van der Waals surface area contributed by atoms with Gasteiger partial charge in [0.1, 0.15) is 0 Å². The Bertz CT molecular complexity index is 261. The van der Waals surface area contributed by atoms with E-state index in [0.717, 1.165) is 25.7 Å². The molecule has 0 aromatic carbocycles. The summed E-state index contributed by atoms with van der Waals surface area (Å²) in [5, 5.41) is 8.80. The lowest BCUT2D eigenvalue weighted by Crippen LogP contribution is -2.15. The molecule has 0 aliphatic rings. The van der Waals surface area contributed by atoms with Crippen LogP contribution in [0.3, 0.4) is 0 Å². The first-order chi connectivity index (χ1) is 6.96. The van der Waals surface area contributed by atoms with Gasteiger partial charge in [-0.25, -0.2) is 4.67 Å². The molecule has 0 amide bonds. The molecule has 5 heteroatoms. The molecule has 0 spiro atoms. The van der Waals surface area contributed by atoms with E-state index in [0.29, 0.717) is 0 Å². The Morgan fingerprint density at radius 1 is 1.47 bits per heavy atom. The third-order valence-electron chi connectivity index (χ3n) is 2.19. The van der Waals surface area contributed by atoms with Gasteiger partial charge in [-0.3, -0.25) is 4.57 Å². The SMILES string of the molecule is CCCCCC(C)OP(=O)(C#N)N(C)C. The first-order valence-electron chi connectivity index (χ1n) is 5.34. The van der Waals surface area contributed by atoms with E-state index in [1.54, 1.807) is 19.9 Å². The van der Waals surface area contributed by atoms with Gasteiger partial charge in [-0.1, -0.05) is 26.2 Å². The standard InChI is InChI=1S/C10H21N2O2P/c1-5-6-7-8-10(2)14-15(13,9-11)12(3)4/h10H,5-8H2,1-4H3. The molecule has 0 heterocycles. The summed E-state index contributed by atoms with van der Waals surface area (Å²) in [5.74, 6) is 1.76. The summed E-state index contributed by atoms with van der Waals surface area (Å²) >= 11 is 0. The van der Waals surface area contributed by atoms with Crippen LogP contribution in [0.5, 0.6) is 0 Å². The Balaban J connectivity index is 4.09. The Morgan fingerprint density at radius 2 is 2.07 bits per heavy atom. The zero-order chi connectivity index (χ0) is 11.9. The van der Waals surface area contributed by atoms with Crippen molar-refractivity contribution in [1.29, 1.82) is 5.26 Å². The second kappa shape index (κ2) is 7.00. The Labute approximate surface area is 92.7 Å². The van der Waals surface area contributed by atoms with E-state index >= 15 is 0 Å². The molecule has 0 aromatic heterocycles. The van der Waals surface area contributed by atoms with Crippen LogP contribution < -0.4 is 0 Å². The molecule has 2 atom stereocenters. The quantitative estimate of drug-likeness (QED) is 0.499. The molecule has 15 heavy (non-hydrogen) atoms. The predicted octanol–water partition coefficient (Wildman–Crippen LogP) is 3.21. The molecule has 0 fully saturated rings. The first-order valence-corrected chi connectivity index (χ1v) is 6.91. The number of hydrogen-bond donors (Lipinski definition) is 0. The van der Waals surface area contributed by atoms with Gasteiger partial charge in [-0.15, -0.1) is 0 Å². The van der Waals surface area contributed by atoms with Crippen LogP contribution in [0, 0.1) is 11.1 Å². The van der Waals surface area contributed by atoms with E-state index in [1.165, 1.54) is 4.67 Å². The molecule has 0 aliphatic heterocycles. The minimum atomic E-state index is -3.24. The molecule has 0 aliphatic carbocycles. The molecule has 0 radical (unpaired) electrons. The number of rotatable bonds is 7. The average Bonchev–Trinajstić information content (AvgIpc) is 2.17. The van der Waals surface area contributed by atoms with Crippen molar-refractivity contribution < 1.29 is 9.09 Å². The van der Waals surface area contributed by atoms with Gasteiger partial charge in [-0.2, -0.15) is 5.26 Å². The molecular formula is C10H21N2O2P. The van der Waals surface area contributed by atoms with Crippen LogP contribution in [0.25, 0.3) is 0 Å². The van der Waals surface area contributed by atoms with E-state index in [1.807, 2.05) is 6.92 Å². The highest BCUT2D eigenvalue weighted by Crippen LogP contribution is 2.48. The van der Waals surface area contributed by atoms with Crippen LogP contribution in [-0.2, 0) is 9.09 Å². The second-order valence-corrected chi connectivity index (χ2v) is 6.13. The lowest BCUT2D eigenvalue weighted by atomic mass is 10.1. The Morgan fingerprint density at radius 3 is 2.47 bits per heavy atom. The van der Waals surface area contributed by atoms with Gasteiger partial charge in [-0.05, 0) is 27.4 Å². The van der Waals surface area contributed by atoms with Crippen LogP contribution in [0.2, 0.25) is 0 Å². The molecular weight excluding hydrogens is 211 g/mol. The van der Waals surface area contributed by atoms with Crippen molar-refractivity contribution in [2.45, 2.75) is 45.6 Å². The van der Waals surface area contributed by atoms with Crippen molar-refractivity contribution >= 4 is 7.52 Å². The Kier molecular flexibility index (Phi) is 6.84. The van der Waals surface area contributed by atoms with Crippen molar-refractivity contribution in [1.82, 2.24) is 4.67 Å². The van der Waals surface area contributed by atoms with Crippen LogP contribution in [-0.4, -0.2) is 24.9 Å². The summed E-state index contributed by atoms with van der Waals surface area (Å²) in [4.78, 5) is 0. The molecule has 0 rings (SSSR count). The molecule has 2 unspecified atom stereocenters. The van der Waals surface area contributed by atoms with Crippen LogP contribution in [0.4, 0.5) is 0 Å². The summed E-state index contributed by atoms with van der Waals surface area (Å²) in [5.41, 5.74) is 0. The lowest BCUT2D eigenvalue weighted by Gasteiger charge is -2.21. The summed E-state index contributed by atoms with van der Waals surface area (Å²) in [6, 6.07) is 0. The number of hydrogen-bond acceptors (Lipinski definition) is 3. The van der Waals surface area contributed by atoms with Gasteiger partial charge in [0.25, 0.3) is 0 Å². The number of nitriles is 1. The van der Waals surface area contributed by atoms with Gasteiger partial charge in [0, 0.05) is 0 Å². The van der Waals surface area contributed by atoms with Crippen molar-refractivity contribution in [3.8, 4) is 5.81 Å². The van der Waals surface area contributed by atoms with Crippen molar-refractivity contribution in [2.24, 2.45) is 0 Å². The third kappa shape index (κ3) is 5.32. The maximum absolute atomic E-state index is 11.9. The van der Waals surface area contributed by atoms with Gasteiger partial charge in [0.05, 0.1) is 6.10 Å². The zero-order valence-electron chi connectivity index (χ0n) is 10.1. The topological polar surface area (TPSA) is 53.3 Å². The first kappa shape index (κ1) is 14.6. The lowest BCUT2D eigenvalue weighted by molar-refractivity contribution is 0.196. The molecule has 0 saturated carbocycles. The summed E-state index contributed by atoms with van der Waals surface area (Å²) in [7, 11) is -0.0382. The van der Waals surface area contributed by atoms with Gasteiger partial charge in [0.2, 0.25) is 0 Å². The van der Waals surface area contributed by atoms with E-state index < -0.39 is 7.52 Å². The van der Waals surface area contributed by atoms with Crippen molar-refractivity contribution in [2.75, 3.05) is 14.1 Å². The largest absolute Gasteiger partial charge is 0.370 e. The highest BCUT2D eigenvalue weighted by atomic mass is 31.2. The maximum atomic E-state index is 11.9. The van der Waals surface area contributed by atoms with E-state index in [-0.39, 0.29) is 6.10 Å². The highest BCUT2D eigenvalue weighted by molar-refractivity contribution is 7.61. The van der Waals surface area contributed by atoms with Crippen LogP contribution >= 0.6 is 7.52 Å². The van der Waals surface area contributed by atoms with Crippen molar-refractivity contribution in [3.63, 3.8) is 0 Å².